The zero-order valence-corrected chi connectivity index (χ0v) is 14.8. The van der Waals surface area contributed by atoms with Gasteiger partial charge in [0.15, 0.2) is 0 Å². The Morgan fingerprint density at radius 3 is 2.56 bits per heavy atom. The molecule has 0 saturated carbocycles. The molecule has 7 heteroatoms. The predicted octanol–water partition coefficient (Wildman–Crippen LogP) is 3.15. The van der Waals surface area contributed by atoms with Gasteiger partial charge >= 0.3 is 0 Å². The van der Waals surface area contributed by atoms with E-state index in [0.717, 1.165) is 22.2 Å². The lowest BCUT2D eigenvalue weighted by molar-refractivity contribution is 0.414. The van der Waals surface area contributed by atoms with Crippen molar-refractivity contribution in [1.29, 1.82) is 0 Å². The minimum absolute atomic E-state index is 0.176. The Kier molecular flexibility index (Phi) is 4.78. The van der Waals surface area contributed by atoms with Crippen molar-refractivity contribution < 1.29 is 17.5 Å². The highest BCUT2D eigenvalue weighted by Gasteiger charge is 2.15. The third-order valence-corrected chi connectivity index (χ3v) is 5.60. The van der Waals surface area contributed by atoms with Crippen LogP contribution in [0.1, 0.15) is 11.3 Å². The molecule has 0 radical (unpaired) electrons. The molecule has 1 aromatic heterocycles. The van der Waals surface area contributed by atoms with Crippen LogP contribution in [0.15, 0.2) is 47.4 Å². The van der Waals surface area contributed by atoms with Gasteiger partial charge in [-0.2, -0.15) is 0 Å². The molecule has 1 heterocycles. The first-order valence-corrected chi connectivity index (χ1v) is 9.29. The molecule has 0 bridgehead atoms. The first-order valence-electron chi connectivity index (χ1n) is 7.81. The molecule has 25 heavy (non-hydrogen) atoms. The largest absolute Gasteiger partial charge is 0.497 e. The number of hydrogen-bond donors (Lipinski definition) is 2. The summed E-state index contributed by atoms with van der Waals surface area (Å²) < 4.78 is 45.8. The van der Waals surface area contributed by atoms with E-state index in [9.17, 15) is 12.8 Å². The molecule has 2 N–H and O–H groups in total. The number of benzene rings is 2. The summed E-state index contributed by atoms with van der Waals surface area (Å²) in [4.78, 5) is 3.36. The Morgan fingerprint density at radius 2 is 1.88 bits per heavy atom. The summed E-state index contributed by atoms with van der Waals surface area (Å²) in [5, 5.41) is 0.779. The molecule has 0 amide bonds. The minimum Gasteiger partial charge on any atom is -0.497 e. The van der Waals surface area contributed by atoms with Crippen molar-refractivity contribution in [2.24, 2.45) is 0 Å². The van der Waals surface area contributed by atoms with E-state index in [2.05, 4.69) is 9.71 Å². The van der Waals surface area contributed by atoms with Gasteiger partial charge in [-0.25, -0.2) is 17.5 Å². The number of aromatic nitrogens is 1. The maximum Gasteiger partial charge on any atom is 0.240 e. The molecule has 2 aromatic carbocycles. The maximum atomic E-state index is 13.5. The van der Waals surface area contributed by atoms with Gasteiger partial charge in [0.2, 0.25) is 10.0 Å². The van der Waals surface area contributed by atoms with Crippen LogP contribution in [0.4, 0.5) is 4.39 Å². The second-order valence-electron chi connectivity index (χ2n) is 5.74. The van der Waals surface area contributed by atoms with Crippen molar-refractivity contribution in [2.45, 2.75) is 18.2 Å². The van der Waals surface area contributed by atoms with Crippen molar-refractivity contribution in [3.63, 3.8) is 0 Å². The number of sulfonamides is 1. The average molecular weight is 362 g/mol. The van der Waals surface area contributed by atoms with Gasteiger partial charge in [-0.15, -0.1) is 0 Å². The number of aromatic amines is 1. The molecule has 0 fully saturated rings. The second kappa shape index (κ2) is 6.85. The minimum atomic E-state index is -3.60. The van der Waals surface area contributed by atoms with Crippen LogP contribution < -0.4 is 9.46 Å². The van der Waals surface area contributed by atoms with Crippen LogP contribution in [-0.2, 0) is 16.4 Å². The number of H-pyrrole nitrogens is 1. The average Bonchev–Trinajstić information content (AvgIpc) is 2.90. The molecule has 0 spiro atoms. The van der Waals surface area contributed by atoms with Crippen molar-refractivity contribution in [3.8, 4) is 5.75 Å². The van der Waals surface area contributed by atoms with E-state index < -0.39 is 10.0 Å². The van der Waals surface area contributed by atoms with Crippen molar-refractivity contribution >= 4 is 20.9 Å². The molecule has 5 nitrogen and oxygen atoms in total. The lowest BCUT2D eigenvalue weighted by Gasteiger charge is -2.08. The van der Waals surface area contributed by atoms with Gasteiger partial charge in [-0.1, -0.05) is 0 Å². The summed E-state index contributed by atoms with van der Waals surface area (Å²) in [6, 6.07) is 10.7. The molecule has 0 saturated heterocycles. The van der Waals surface area contributed by atoms with Crippen LogP contribution in [0.5, 0.6) is 5.75 Å². The number of fused-ring (bicyclic) bond motifs is 1. The quantitative estimate of drug-likeness (QED) is 0.708. The van der Waals surface area contributed by atoms with Gasteiger partial charge in [-0.3, -0.25) is 0 Å². The van der Waals surface area contributed by atoms with Crippen LogP contribution >= 0.6 is 0 Å². The molecular weight excluding hydrogens is 343 g/mol. The van der Waals surface area contributed by atoms with E-state index >= 15 is 0 Å². The lowest BCUT2D eigenvalue weighted by Crippen LogP contribution is -2.26. The Morgan fingerprint density at radius 1 is 1.16 bits per heavy atom. The van der Waals surface area contributed by atoms with Crippen LogP contribution in [0, 0.1) is 12.7 Å². The Labute approximate surface area is 145 Å². The van der Waals surface area contributed by atoms with Gasteiger partial charge in [0.05, 0.1) is 12.0 Å². The predicted molar refractivity (Wildman–Crippen MR) is 94.9 cm³/mol. The van der Waals surface area contributed by atoms with Crippen molar-refractivity contribution in [1.82, 2.24) is 9.71 Å². The van der Waals surface area contributed by atoms with E-state index in [1.165, 1.54) is 31.4 Å². The summed E-state index contributed by atoms with van der Waals surface area (Å²) in [6.07, 6.45) is 0.463. The van der Waals surface area contributed by atoms with E-state index in [1.807, 2.05) is 6.92 Å². The molecule has 0 aliphatic rings. The van der Waals surface area contributed by atoms with Gasteiger partial charge in [0.25, 0.3) is 0 Å². The molecule has 0 unspecified atom stereocenters. The van der Waals surface area contributed by atoms with Gasteiger partial charge in [-0.05, 0) is 61.4 Å². The highest BCUT2D eigenvalue weighted by atomic mass is 32.2. The summed E-state index contributed by atoms with van der Waals surface area (Å²) in [5.41, 5.74) is 2.66. The number of methoxy groups -OCH3 is 1. The normalized spacial score (nSPS) is 11.8. The van der Waals surface area contributed by atoms with Crippen LogP contribution in [0.25, 0.3) is 10.9 Å². The van der Waals surface area contributed by atoms with Gasteiger partial charge in [0, 0.05) is 23.1 Å². The summed E-state index contributed by atoms with van der Waals surface area (Å²) in [7, 11) is -2.08. The Hall–Kier alpha value is -2.38. The zero-order valence-electron chi connectivity index (χ0n) is 14.0. The Balaban J connectivity index is 1.74. The van der Waals surface area contributed by atoms with Crippen molar-refractivity contribution in [2.75, 3.05) is 13.7 Å². The number of nitrogens with one attached hydrogen (secondary N) is 2. The molecule has 0 aliphatic carbocycles. The van der Waals surface area contributed by atoms with E-state index in [0.29, 0.717) is 12.2 Å². The molecule has 0 atom stereocenters. The molecular formula is C18H19FN2O3S. The molecule has 132 valence electrons. The van der Waals surface area contributed by atoms with Crippen molar-refractivity contribution in [3.05, 3.63) is 59.5 Å². The summed E-state index contributed by atoms with van der Waals surface area (Å²) in [5.74, 6) is 0.280. The zero-order chi connectivity index (χ0) is 18.0. The topological polar surface area (TPSA) is 71.2 Å². The number of halogens is 1. The number of ether oxygens (including phenoxy) is 1. The van der Waals surface area contributed by atoms with Gasteiger partial charge < -0.3 is 9.72 Å². The monoisotopic (exact) mass is 362 g/mol. The first kappa shape index (κ1) is 17.4. The number of hydrogen-bond acceptors (Lipinski definition) is 3. The van der Waals surface area contributed by atoms with E-state index in [1.54, 1.807) is 18.2 Å². The van der Waals surface area contributed by atoms with E-state index in [-0.39, 0.29) is 17.3 Å². The SMILES string of the molecule is COc1ccc(S(=O)(=O)NCCc2c(C)[nH]c3ccc(F)cc23)cc1. The Bertz CT molecular complexity index is 995. The first-order chi connectivity index (χ1) is 11.9. The maximum absolute atomic E-state index is 13.5. The fourth-order valence-corrected chi connectivity index (χ4v) is 3.86. The summed E-state index contributed by atoms with van der Waals surface area (Å²) >= 11 is 0. The van der Waals surface area contributed by atoms with Crippen LogP contribution in [0.3, 0.4) is 0 Å². The lowest BCUT2D eigenvalue weighted by atomic mass is 10.1. The molecule has 3 aromatic rings. The van der Waals surface area contributed by atoms with Crippen LogP contribution in [0.2, 0.25) is 0 Å². The highest BCUT2D eigenvalue weighted by Crippen LogP contribution is 2.23. The highest BCUT2D eigenvalue weighted by molar-refractivity contribution is 7.89. The molecule has 3 rings (SSSR count). The summed E-state index contributed by atoms with van der Waals surface area (Å²) in [6.45, 7) is 2.11. The fraction of sp³-hybridized carbons (Fsp3) is 0.222. The van der Waals surface area contributed by atoms with Gasteiger partial charge in [0.1, 0.15) is 11.6 Å². The smallest absolute Gasteiger partial charge is 0.240 e. The number of aryl methyl sites for hydroxylation is 1. The third-order valence-electron chi connectivity index (χ3n) is 4.12. The standard InChI is InChI=1S/C18H19FN2O3S/c1-12-16(17-11-13(19)3-8-18(17)21-12)9-10-20-25(22,23)15-6-4-14(24-2)5-7-15/h3-8,11,20-21H,9-10H2,1-2H3. The number of rotatable bonds is 6. The third kappa shape index (κ3) is 3.67. The fourth-order valence-electron chi connectivity index (χ4n) is 2.83. The second-order valence-corrected chi connectivity index (χ2v) is 7.51. The molecule has 0 aliphatic heterocycles. The van der Waals surface area contributed by atoms with E-state index in [4.69, 9.17) is 4.74 Å². The van der Waals surface area contributed by atoms with Crippen LogP contribution in [-0.4, -0.2) is 27.1 Å².